The van der Waals surface area contributed by atoms with Crippen molar-refractivity contribution in [1.29, 1.82) is 0 Å². The fourth-order valence-corrected chi connectivity index (χ4v) is 5.10. The molecule has 0 saturated carbocycles. The van der Waals surface area contributed by atoms with Crippen molar-refractivity contribution in [3.63, 3.8) is 0 Å². The van der Waals surface area contributed by atoms with Crippen LogP contribution in [0.25, 0.3) is 10.2 Å². The molecule has 0 aromatic carbocycles. The zero-order chi connectivity index (χ0) is 13.0. The molecule has 0 saturated heterocycles. The Kier molecular flexibility index (Phi) is 2.59. The van der Waals surface area contributed by atoms with Crippen molar-refractivity contribution in [2.45, 2.75) is 51.9 Å². The third kappa shape index (κ3) is 1.71. The first-order chi connectivity index (χ1) is 9.24. The molecule has 0 fully saturated rings. The summed E-state index contributed by atoms with van der Waals surface area (Å²) in [6.45, 7) is 2.34. The predicted octanol–water partition coefficient (Wildman–Crippen LogP) is 3.30. The van der Waals surface area contributed by atoms with Gasteiger partial charge in [0.1, 0.15) is 0 Å². The Morgan fingerprint density at radius 1 is 1.16 bits per heavy atom. The Bertz CT molecular complexity index is 657. The first kappa shape index (κ1) is 11.7. The highest BCUT2D eigenvalue weighted by Gasteiger charge is 2.29. The fraction of sp³-hybridized carbons (Fsp3) is 0.562. The van der Waals surface area contributed by atoms with Crippen LogP contribution >= 0.6 is 11.3 Å². The Morgan fingerprint density at radius 2 is 2.00 bits per heavy atom. The van der Waals surface area contributed by atoms with Gasteiger partial charge in [-0.05, 0) is 50.0 Å². The van der Waals surface area contributed by atoms with Crippen molar-refractivity contribution < 1.29 is 4.98 Å². The topological polar surface area (TPSA) is 40.2 Å². The number of nitrogen functional groups attached to an aromatic ring is 1. The van der Waals surface area contributed by atoms with Gasteiger partial charge in [0.05, 0.1) is 11.1 Å². The number of rotatable bonds is 0. The van der Waals surface area contributed by atoms with E-state index in [2.05, 4.69) is 11.9 Å². The number of aromatic amines is 1. The van der Waals surface area contributed by atoms with Crippen LogP contribution in [0.4, 0.5) is 5.69 Å². The summed E-state index contributed by atoms with van der Waals surface area (Å²) in [4.78, 5) is 6.63. The maximum atomic E-state index is 6.54. The standard InChI is InChI=1S/C16H20N2S/c1-9-6-7-10-12(8-9)18-16-14(15(10)17)11-4-2-3-5-13(11)19-16/h9H,2-8H2,1H3,(H2,17,18)/p+1/t9-/m1/s1. The smallest absolute Gasteiger partial charge is 0.270 e. The van der Waals surface area contributed by atoms with Crippen LogP contribution in [0.2, 0.25) is 0 Å². The maximum Gasteiger partial charge on any atom is 0.270 e. The van der Waals surface area contributed by atoms with E-state index in [1.54, 1.807) is 10.4 Å². The van der Waals surface area contributed by atoms with Crippen LogP contribution in [0, 0.1) is 5.92 Å². The Labute approximate surface area is 118 Å². The summed E-state index contributed by atoms with van der Waals surface area (Å²) in [5.41, 5.74) is 12.0. The van der Waals surface area contributed by atoms with Gasteiger partial charge in [-0.3, -0.25) is 0 Å². The van der Waals surface area contributed by atoms with E-state index in [0.29, 0.717) is 0 Å². The van der Waals surface area contributed by atoms with Crippen molar-refractivity contribution in [1.82, 2.24) is 0 Å². The van der Waals surface area contributed by atoms with E-state index >= 15 is 0 Å². The molecule has 1 atom stereocenters. The van der Waals surface area contributed by atoms with Crippen molar-refractivity contribution in [3.05, 3.63) is 21.7 Å². The zero-order valence-corrected chi connectivity index (χ0v) is 12.3. The molecule has 2 aliphatic carbocycles. The number of aryl methyl sites for hydroxylation is 2. The molecule has 0 bridgehead atoms. The Morgan fingerprint density at radius 3 is 2.89 bits per heavy atom. The minimum Gasteiger partial charge on any atom is -0.398 e. The molecule has 2 heterocycles. The van der Waals surface area contributed by atoms with Gasteiger partial charge in [-0.15, -0.1) is 0 Å². The van der Waals surface area contributed by atoms with Gasteiger partial charge in [0.15, 0.2) is 5.69 Å². The maximum absolute atomic E-state index is 6.54. The van der Waals surface area contributed by atoms with Gasteiger partial charge >= 0.3 is 0 Å². The van der Waals surface area contributed by atoms with E-state index in [-0.39, 0.29) is 0 Å². The normalized spacial score (nSPS) is 22.3. The largest absolute Gasteiger partial charge is 0.398 e. The third-order valence-corrected chi connectivity index (χ3v) is 6.04. The molecule has 3 N–H and O–H groups in total. The molecule has 100 valence electrons. The Hall–Kier alpha value is -1.09. The molecule has 2 nitrogen and oxygen atoms in total. The minimum atomic E-state index is 0.787. The predicted molar refractivity (Wildman–Crippen MR) is 80.6 cm³/mol. The van der Waals surface area contributed by atoms with Crippen LogP contribution in [0.15, 0.2) is 0 Å². The molecule has 0 radical (unpaired) electrons. The van der Waals surface area contributed by atoms with Gasteiger partial charge in [0.25, 0.3) is 4.83 Å². The lowest BCUT2D eigenvalue weighted by Gasteiger charge is -2.19. The number of nitrogens with one attached hydrogen (secondary N) is 1. The highest BCUT2D eigenvalue weighted by atomic mass is 32.1. The van der Waals surface area contributed by atoms with E-state index in [9.17, 15) is 0 Å². The SMILES string of the molecule is C[C@@H]1CCc2c([nH+]c3sc4c(c3c2N)CCCC4)C1. The van der Waals surface area contributed by atoms with E-state index in [1.807, 2.05) is 11.3 Å². The molecule has 0 aliphatic heterocycles. The number of H-pyrrole nitrogens is 1. The molecule has 3 heteroatoms. The van der Waals surface area contributed by atoms with Crippen LogP contribution in [-0.4, -0.2) is 0 Å². The molecule has 2 aromatic heterocycles. The lowest BCUT2D eigenvalue weighted by Crippen LogP contribution is -2.24. The van der Waals surface area contributed by atoms with Gasteiger partial charge in [0, 0.05) is 16.9 Å². The zero-order valence-electron chi connectivity index (χ0n) is 11.5. The molecule has 2 aliphatic rings. The monoisotopic (exact) mass is 273 g/mol. The quantitative estimate of drug-likeness (QED) is 0.786. The molecule has 0 spiro atoms. The van der Waals surface area contributed by atoms with Gasteiger partial charge in [-0.2, -0.15) is 4.98 Å². The lowest BCUT2D eigenvalue weighted by atomic mass is 9.86. The number of hydrogen-bond donors (Lipinski definition) is 1. The van der Waals surface area contributed by atoms with Gasteiger partial charge in [-0.25, -0.2) is 0 Å². The first-order valence-corrected chi connectivity index (χ1v) is 8.32. The molecule has 2 aromatic rings. The number of aromatic nitrogens is 1. The highest BCUT2D eigenvalue weighted by molar-refractivity contribution is 7.18. The highest BCUT2D eigenvalue weighted by Crippen LogP contribution is 2.40. The number of pyridine rings is 1. The van der Waals surface area contributed by atoms with Crippen LogP contribution in [0.3, 0.4) is 0 Å². The number of fused-ring (bicyclic) bond motifs is 4. The second-order valence-corrected chi connectivity index (χ2v) is 7.36. The van der Waals surface area contributed by atoms with Crippen molar-refractivity contribution in [3.8, 4) is 0 Å². The Balaban J connectivity index is 1.99. The average molecular weight is 273 g/mol. The summed E-state index contributed by atoms with van der Waals surface area (Å²) >= 11 is 1.95. The second kappa shape index (κ2) is 4.20. The van der Waals surface area contributed by atoms with Crippen molar-refractivity contribution in [2.75, 3.05) is 5.73 Å². The fourth-order valence-electron chi connectivity index (χ4n) is 3.77. The molecule has 0 amide bonds. The number of nitrogens with two attached hydrogens (primary N) is 1. The average Bonchev–Trinajstić information content (AvgIpc) is 2.76. The summed E-state index contributed by atoms with van der Waals surface area (Å²) in [5, 5.41) is 1.37. The van der Waals surface area contributed by atoms with E-state index in [1.165, 1.54) is 53.6 Å². The molecular formula is C16H21N2S+. The minimum absolute atomic E-state index is 0.787. The lowest BCUT2D eigenvalue weighted by molar-refractivity contribution is -0.357. The van der Waals surface area contributed by atoms with Crippen LogP contribution < -0.4 is 10.7 Å². The third-order valence-electron chi connectivity index (χ3n) is 4.83. The van der Waals surface area contributed by atoms with E-state index < -0.39 is 0 Å². The van der Waals surface area contributed by atoms with Gasteiger partial charge < -0.3 is 5.73 Å². The van der Waals surface area contributed by atoms with Crippen LogP contribution in [0.5, 0.6) is 0 Å². The summed E-state index contributed by atoms with van der Waals surface area (Å²) in [6.07, 6.45) is 8.74. The van der Waals surface area contributed by atoms with Gasteiger partial charge in [0.2, 0.25) is 0 Å². The first-order valence-electron chi connectivity index (χ1n) is 7.50. The van der Waals surface area contributed by atoms with Gasteiger partial charge in [-0.1, -0.05) is 18.3 Å². The second-order valence-electron chi connectivity index (χ2n) is 6.26. The van der Waals surface area contributed by atoms with Crippen molar-refractivity contribution >= 4 is 27.2 Å². The summed E-state index contributed by atoms with van der Waals surface area (Å²) < 4.78 is 0. The van der Waals surface area contributed by atoms with Crippen LogP contribution in [-0.2, 0) is 25.7 Å². The number of anilines is 1. The summed E-state index contributed by atoms with van der Waals surface area (Å²) in [5.74, 6) is 0.787. The van der Waals surface area contributed by atoms with E-state index in [0.717, 1.165) is 24.4 Å². The van der Waals surface area contributed by atoms with E-state index in [4.69, 9.17) is 5.73 Å². The molecule has 4 rings (SSSR count). The van der Waals surface area contributed by atoms with Crippen LogP contribution in [0.1, 0.15) is 47.9 Å². The molecule has 19 heavy (non-hydrogen) atoms. The molecule has 0 unspecified atom stereocenters. The number of hydrogen-bond acceptors (Lipinski definition) is 2. The summed E-state index contributed by atoms with van der Waals surface area (Å²) in [6, 6.07) is 0. The number of thiophene rings is 1. The summed E-state index contributed by atoms with van der Waals surface area (Å²) in [7, 11) is 0. The molecular weight excluding hydrogens is 252 g/mol. The van der Waals surface area contributed by atoms with Crippen molar-refractivity contribution in [2.24, 2.45) is 5.92 Å².